The Morgan fingerprint density at radius 1 is 1.26 bits per heavy atom. The van der Waals surface area contributed by atoms with Gasteiger partial charge in [0.05, 0.1) is 12.8 Å². The van der Waals surface area contributed by atoms with Crippen LogP contribution in [0.5, 0.6) is 0 Å². The van der Waals surface area contributed by atoms with Gasteiger partial charge in [-0.15, -0.1) is 0 Å². The Kier molecular flexibility index (Phi) is 4.58. The zero-order valence-electron chi connectivity index (χ0n) is 10.3. The molecule has 5 nitrogen and oxygen atoms in total. The van der Waals surface area contributed by atoms with E-state index in [1.807, 2.05) is 30.3 Å². The maximum absolute atomic E-state index is 11.4. The van der Waals surface area contributed by atoms with Gasteiger partial charge in [0.2, 0.25) is 0 Å². The molecule has 1 aromatic heterocycles. The van der Waals surface area contributed by atoms with Gasteiger partial charge < -0.3 is 19.6 Å². The third-order valence-corrected chi connectivity index (χ3v) is 2.52. The van der Waals surface area contributed by atoms with Crippen LogP contribution in [0.4, 0.5) is 4.79 Å². The summed E-state index contributed by atoms with van der Waals surface area (Å²) in [6.45, 7) is 0.241. The highest BCUT2D eigenvalue weighted by molar-refractivity contribution is 5.67. The van der Waals surface area contributed by atoms with Crippen molar-refractivity contribution in [2.45, 2.75) is 12.7 Å². The van der Waals surface area contributed by atoms with Gasteiger partial charge in [0, 0.05) is 0 Å². The number of benzene rings is 1. The van der Waals surface area contributed by atoms with Gasteiger partial charge in [-0.1, -0.05) is 30.3 Å². The zero-order chi connectivity index (χ0) is 13.5. The number of rotatable bonds is 5. The summed E-state index contributed by atoms with van der Waals surface area (Å²) in [6, 6.07) is 12.7. The molecule has 1 aromatic carbocycles. The van der Waals surface area contributed by atoms with Crippen LogP contribution in [0.15, 0.2) is 53.1 Å². The van der Waals surface area contributed by atoms with E-state index in [4.69, 9.17) is 9.15 Å². The van der Waals surface area contributed by atoms with E-state index in [-0.39, 0.29) is 13.2 Å². The molecule has 0 fully saturated rings. The smallest absolute Gasteiger partial charge is 0.407 e. The Morgan fingerprint density at radius 3 is 2.74 bits per heavy atom. The maximum atomic E-state index is 11.4. The molecule has 0 saturated heterocycles. The minimum absolute atomic E-state index is 0.0428. The molecule has 0 aliphatic carbocycles. The fraction of sp³-hybridized carbons (Fsp3) is 0.214. The Labute approximate surface area is 110 Å². The number of hydrogen-bond donors (Lipinski definition) is 2. The van der Waals surface area contributed by atoms with Crippen molar-refractivity contribution in [2.75, 3.05) is 6.54 Å². The zero-order valence-corrected chi connectivity index (χ0v) is 10.3. The molecule has 0 aliphatic rings. The summed E-state index contributed by atoms with van der Waals surface area (Å²) in [6.07, 6.45) is 0.0143. The summed E-state index contributed by atoms with van der Waals surface area (Å²) in [7, 11) is 0. The Balaban J connectivity index is 1.70. The van der Waals surface area contributed by atoms with Gasteiger partial charge in [0.15, 0.2) is 0 Å². The largest absolute Gasteiger partial charge is 0.467 e. The average molecular weight is 261 g/mol. The van der Waals surface area contributed by atoms with E-state index in [1.165, 1.54) is 6.26 Å². The van der Waals surface area contributed by atoms with Crippen LogP contribution in [0.25, 0.3) is 0 Å². The van der Waals surface area contributed by atoms with Crippen LogP contribution in [0.1, 0.15) is 17.4 Å². The Morgan fingerprint density at radius 2 is 2.05 bits per heavy atom. The molecule has 19 heavy (non-hydrogen) atoms. The molecular weight excluding hydrogens is 246 g/mol. The quantitative estimate of drug-likeness (QED) is 0.865. The molecule has 100 valence electrons. The van der Waals surface area contributed by atoms with Crippen molar-refractivity contribution < 1.29 is 19.1 Å². The lowest BCUT2D eigenvalue weighted by atomic mass is 10.2. The van der Waals surface area contributed by atoms with E-state index < -0.39 is 12.2 Å². The van der Waals surface area contributed by atoms with Gasteiger partial charge >= 0.3 is 6.09 Å². The first-order valence-corrected chi connectivity index (χ1v) is 5.92. The summed E-state index contributed by atoms with van der Waals surface area (Å²) in [4.78, 5) is 11.4. The molecule has 1 heterocycles. The van der Waals surface area contributed by atoms with Crippen molar-refractivity contribution >= 4 is 6.09 Å². The lowest BCUT2D eigenvalue weighted by Gasteiger charge is -2.10. The van der Waals surface area contributed by atoms with Crippen LogP contribution >= 0.6 is 0 Å². The predicted octanol–water partition coefficient (Wildman–Crippen LogP) is 2.24. The summed E-state index contributed by atoms with van der Waals surface area (Å²) >= 11 is 0. The average Bonchev–Trinajstić information content (AvgIpc) is 2.98. The van der Waals surface area contributed by atoms with Crippen molar-refractivity contribution in [2.24, 2.45) is 0 Å². The number of aliphatic hydroxyl groups is 1. The van der Waals surface area contributed by atoms with Gasteiger partial charge in [-0.05, 0) is 17.7 Å². The van der Waals surface area contributed by atoms with Crippen LogP contribution in [0, 0.1) is 0 Å². The van der Waals surface area contributed by atoms with Crippen LogP contribution in [-0.4, -0.2) is 17.7 Å². The van der Waals surface area contributed by atoms with E-state index in [1.54, 1.807) is 12.1 Å². The van der Waals surface area contributed by atoms with Crippen LogP contribution in [0.3, 0.4) is 0 Å². The SMILES string of the molecule is O=C(NC[C@H](O)c1ccco1)OCc1ccccc1. The number of alkyl carbamates (subject to hydrolysis) is 1. The molecule has 0 aliphatic heterocycles. The fourth-order valence-electron chi connectivity index (χ4n) is 1.54. The molecule has 0 spiro atoms. The molecule has 2 aromatic rings. The predicted molar refractivity (Wildman–Crippen MR) is 68.3 cm³/mol. The topological polar surface area (TPSA) is 71.7 Å². The number of aliphatic hydroxyl groups excluding tert-OH is 1. The van der Waals surface area contributed by atoms with Crippen molar-refractivity contribution in [3.8, 4) is 0 Å². The number of nitrogens with one attached hydrogen (secondary N) is 1. The molecule has 5 heteroatoms. The van der Waals surface area contributed by atoms with Crippen molar-refractivity contribution in [3.63, 3.8) is 0 Å². The summed E-state index contributed by atoms with van der Waals surface area (Å²) < 4.78 is 10.0. The minimum atomic E-state index is -0.876. The third kappa shape index (κ3) is 4.15. The lowest BCUT2D eigenvalue weighted by Crippen LogP contribution is -2.28. The van der Waals surface area contributed by atoms with Gasteiger partial charge in [-0.3, -0.25) is 0 Å². The first-order chi connectivity index (χ1) is 9.25. The molecule has 0 radical (unpaired) electrons. The lowest BCUT2D eigenvalue weighted by molar-refractivity contribution is 0.118. The molecule has 1 atom stereocenters. The summed E-state index contributed by atoms with van der Waals surface area (Å²) in [5.74, 6) is 0.406. The van der Waals surface area contributed by atoms with Crippen LogP contribution in [0.2, 0.25) is 0 Å². The summed E-state index contributed by atoms with van der Waals surface area (Å²) in [5.41, 5.74) is 0.907. The first kappa shape index (κ1) is 13.2. The number of amides is 1. The van der Waals surface area contributed by atoms with Crippen molar-refractivity contribution in [1.29, 1.82) is 0 Å². The normalized spacial score (nSPS) is 11.8. The Hall–Kier alpha value is -2.27. The Bertz CT molecular complexity index is 495. The van der Waals surface area contributed by atoms with E-state index in [0.29, 0.717) is 5.76 Å². The molecule has 2 rings (SSSR count). The highest BCUT2D eigenvalue weighted by Gasteiger charge is 2.12. The van der Waals surface area contributed by atoms with Gasteiger partial charge in [0.25, 0.3) is 0 Å². The second kappa shape index (κ2) is 6.61. The number of carbonyl (C=O) groups is 1. The third-order valence-electron chi connectivity index (χ3n) is 2.52. The van der Waals surface area contributed by atoms with Gasteiger partial charge in [0.1, 0.15) is 18.5 Å². The monoisotopic (exact) mass is 261 g/mol. The van der Waals surface area contributed by atoms with Crippen molar-refractivity contribution in [1.82, 2.24) is 5.32 Å². The van der Waals surface area contributed by atoms with Crippen LogP contribution in [-0.2, 0) is 11.3 Å². The van der Waals surface area contributed by atoms with Gasteiger partial charge in [-0.2, -0.15) is 0 Å². The molecular formula is C14H15NO4. The molecule has 0 saturated carbocycles. The second-order valence-corrected chi connectivity index (χ2v) is 3.97. The molecule has 0 unspecified atom stereocenters. The first-order valence-electron chi connectivity index (χ1n) is 5.92. The van der Waals surface area contributed by atoms with Crippen molar-refractivity contribution in [3.05, 3.63) is 60.1 Å². The highest BCUT2D eigenvalue weighted by atomic mass is 16.5. The molecule has 0 bridgehead atoms. The second-order valence-electron chi connectivity index (χ2n) is 3.97. The van der Waals surface area contributed by atoms with E-state index in [2.05, 4.69) is 5.32 Å². The van der Waals surface area contributed by atoms with E-state index >= 15 is 0 Å². The van der Waals surface area contributed by atoms with Gasteiger partial charge in [-0.25, -0.2) is 4.79 Å². The standard InChI is InChI=1S/C14H15NO4/c16-12(13-7-4-8-18-13)9-15-14(17)19-10-11-5-2-1-3-6-11/h1-8,12,16H,9-10H2,(H,15,17)/t12-/m0/s1. The highest BCUT2D eigenvalue weighted by Crippen LogP contribution is 2.11. The van der Waals surface area contributed by atoms with E-state index in [0.717, 1.165) is 5.56 Å². The molecule has 2 N–H and O–H groups in total. The van der Waals surface area contributed by atoms with Crippen LogP contribution < -0.4 is 5.32 Å². The fourth-order valence-corrected chi connectivity index (χ4v) is 1.54. The number of hydrogen-bond acceptors (Lipinski definition) is 4. The number of carbonyl (C=O) groups excluding carboxylic acids is 1. The summed E-state index contributed by atoms with van der Waals surface area (Å²) in [5, 5.41) is 12.1. The van der Waals surface area contributed by atoms with E-state index in [9.17, 15) is 9.90 Å². The minimum Gasteiger partial charge on any atom is -0.467 e. The number of furan rings is 1. The number of ether oxygens (including phenoxy) is 1. The molecule has 1 amide bonds. The maximum Gasteiger partial charge on any atom is 0.407 e.